The zero-order chi connectivity index (χ0) is 14.1. The third kappa shape index (κ3) is 2.22. The maximum absolute atomic E-state index is 11.6. The first-order valence-corrected chi connectivity index (χ1v) is 7.17. The fraction of sp³-hybridized carbons (Fsp3) is 0.214. The Morgan fingerprint density at radius 1 is 1.55 bits per heavy atom. The average Bonchev–Trinajstić information content (AvgIpc) is 2.81. The van der Waals surface area contributed by atoms with Gasteiger partial charge in [-0.2, -0.15) is 5.10 Å². The minimum absolute atomic E-state index is 0.0746. The minimum Gasteiger partial charge on any atom is -0.423 e. The van der Waals surface area contributed by atoms with Crippen molar-refractivity contribution in [3.8, 4) is 5.75 Å². The van der Waals surface area contributed by atoms with Gasteiger partial charge in [0.25, 0.3) is 0 Å². The number of thioether (sulfide) groups is 1. The molecule has 0 saturated heterocycles. The zero-order valence-electron chi connectivity index (χ0n) is 10.8. The van der Waals surface area contributed by atoms with Crippen molar-refractivity contribution in [2.45, 2.75) is 11.8 Å². The van der Waals surface area contributed by atoms with Crippen LogP contribution in [0.4, 0.5) is 0 Å². The molecule has 20 heavy (non-hydrogen) atoms. The van der Waals surface area contributed by atoms with Gasteiger partial charge in [0.15, 0.2) is 0 Å². The van der Waals surface area contributed by atoms with Crippen LogP contribution in [0.25, 0.3) is 0 Å². The first kappa shape index (κ1) is 12.9. The highest BCUT2D eigenvalue weighted by Crippen LogP contribution is 2.36. The lowest BCUT2D eigenvalue weighted by Crippen LogP contribution is -2.28. The maximum atomic E-state index is 11.6. The number of allylic oxidation sites excluding steroid dienone is 1. The summed E-state index contributed by atoms with van der Waals surface area (Å²) in [6.07, 6.45) is 2.98. The van der Waals surface area contributed by atoms with Crippen molar-refractivity contribution in [1.82, 2.24) is 5.43 Å². The Morgan fingerprint density at radius 3 is 3.20 bits per heavy atom. The lowest BCUT2D eigenvalue weighted by atomic mass is 9.98. The lowest BCUT2D eigenvalue weighted by molar-refractivity contribution is -0.129. The molecule has 1 amide bonds. The highest BCUT2D eigenvalue weighted by Gasteiger charge is 2.35. The number of carbonyl (C=O) groups excluding carboxylic acids is 2. The molecule has 1 aromatic carbocycles. The number of rotatable bonds is 2. The van der Waals surface area contributed by atoms with Gasteiger partial charge in [-0.25, -0.2) is 10.2 Å². The molecule has 6 heteroatoms. The number of amides is 1. The van der Waals surface area contributed by atoms with Gasteiger partial charge < -0.3 is 4.74 Å². The molecule has 1 atom stereocenters. The standard InChI is InChI=1S/C14H12N2O3S/c1-2-3-12(17)19-8-4-5-11-9(6-8)13-10(7-20-11)14(18)16-15-13/h2-6,10H,7H2,1H3,(H,16,18). The van der Waals surface area contributed by atoms with Crippen LogP contribution in [0.15, 0.2) is 40.3 Å². The summed E-state index contributed by atoms with van der Waals surface area (Å²) >= 11 is 1.61. The molecule has 0 aromatic heterocycles. The molecule has 102 valence electrons. The second kappa shape index (κ2) is 5.13. The summed E-state index contributed by atoms with van der Waals surface area (Å²) in [7, 11) is 0. The number of ether oxygens (including phenoxy) is 1. The van der Waals surface area contributed by atoms with Crippen molar-refractivity contribution in [3.63, 3.8) is 0 Å². The molecular weight excluding hydrogens is 276 g/mol. The van der Waals surface area contributed by atoms with Crippen LogP contribution in [0.5, 0.6) is 5.75 Å². The fourth-order valence-corrected chi connectivity index (χ4v) is 3.29. The first-order chi connectivity index (χ1) is 9.69. The van der Waals surface area contributed by atoms with E-state index in [1.165, 1.54) is 6.08 Å². The summed E-state index contributed by atoms with van der Waals surface area (Å²) in [4.78, 5) is 24.1. The molecule has 0 radical (unpaired) electrons. The van der Waals surface area contributed by atoms with Crippen molar-refractivity contribution in [2.24, 2.45) is 11.0 Å². The highest BCUT2D eigenvalue weighted by molar-refractivity contribution is 7.99. The van der Waals surface area contributed by atoms with E-state index in [1.807, 2.05) is 6.07 Å². The first-order valence-electron chi connectivity index (χ1n) is 6.18. The number of nitrogens with one attached hydrogen (secondary N) is 1. The van der Waals surface area contributed by atoms with Gasteiger partial charge in [-0.05, 0) is 25.1 Å². The highest BCUT2D eigenvalue weighted by atomic mass is 32.2. The summed E-state index contributed by atoms with van der Waals surface area (Å²) in [5.74, 6) is 0.434. The lowest BCUT2D eigenvalue weighted by Gasteiger charge is -2.20. The second-order valence-corrected chi connectivity index (χ2v) is 5.48. The van der Waals surface area contributed by atoms with Crippen molar-refractivity contribution in [2.75, 3.05) is 5.75 Å². The largest absolute Gasteiger partial charge is 0.423 e. The van der Waals surface area contributed by atoms with Crippen LogP contribution in [0.2, 0.25) is 0 Å². The van der Waals surface area contributed by atoms with Gasteiger partial charge in [0, 0.05) is 22.3 Å². The third-order valence-corrected chi connectivity index (χ3v) is 4.25. The molecule has 1 unspecified atom stereocenters. The van der Waals surface area contributed by atoms with E-state index in [9.17, 15) is 9.59 Å². The summed E-state index contributed by atoms with van der Waals surface area (Å²) in [6, 6.07) is 5.40. The SMILES string of the molecule is CC=CC(=O)Oc1ccc2c(c1)C1=NNC(=O)C1CS2. The van der Waals surface area contributed by atoms with Gasteiger partial charge in [0.1, 0.15) is 5.75 Å². The van der Waals surface area contributed by atoms with Crippen LogP contribution in [0, 0.1) is 5.92 Å². The smallest absolute Gasteiger partial charge is 0.335 e. The Hall–Kier alpha value is -2.08. The van der Waals surface area contributed by atoms with Crippen LogP contribution < -0.4 is 10.2 Å². The average molecular weight is 288 g/mol. The summed E-state index contributed by atoms with van der Waals surface area (Å²) in [5, 5.41) is 4.09. The molecule has 0 spiro atoms. The molecular formula is C14H12N2O3S. The molecule has 2 aliphatic rings. The quantitative estimate of drug-likeness (QED) is 0.511. The van der Waals surface area contributed by atoms with Gasteiger partial charge in [-0.3, -0.25) is 4.79 Å². The molecule has 1 aromatic rings. The van der Waals surface area contributed by atoms with Crippen LogP contribution in [0.3, 0.4) is 0 Å². The Bertz CT molecular complexity index is 652. The van der Waals surface area contributed by atoms with E-state index in [0.717, 1.165) is 16.2 Å². The van der Waals surface area contributed by atoms with E-state index in [2.05, 4.69) is 10.5 Å². The Labute approximate surface area is 120 Å². The van der Waals surface area contributed by atoms with E-state index in [0.29, 0.717) is 11.5 Å². The number of esters is 1. The topological polar surface area (TPSA) is 67.8 Å². The minimum atomic E-state index is -0.421. The molecule has 2 aliphatic heterocycles. The monoisotopic (exact) mass is 288 g/mol. The second-order valence-electron chi connectivity index (χ2n) is 4.42. The van der Waals surface area contributed by atoms with E-state index in [-0.39, 0.29) is 11.8 Å². The predicted octanol–water partition coefficient (Wildman–Crippen LogP) is 1.72. The van der Waals surface area contributed by atoms with E-state index in [4.69, 9.17) is 4.74 Å². The van der Waals surface area contributed by atoms with Crippen molar-refractivity contribution >= 4 is 29.4 Å². The van der Waals surface area contributed by atoms with Gasteiger partial charge in [-0.1, -0.05) is 6.08 Å². The van der Waals surface area contributed by atoms with E-state index < -0.39 is 5.97 Å². The van der Waals surface area contributed by atoms with Crippen LogP contribution in [-0.4, -0.2) is 23.3 Å². The van der Waals surface area contributed by atoms with Gasteiger partial charge in [-0.15, -0.1) is 11.8 Å². The normalized spacial score (nSPS) is 20.1. The maximum Gasteiger partial charge on any atom is 0.335 e. The van der Waals surface area contributed by atoms with Crippen LogP contribution in [-0.2, 0) is 9.59 Å². The molecule has 0 saturated carbocycles. The number of fused-ring (bicyclic) bond motifs is 3. The van der Waals surface area contributed by atoms with E-state index in [1.54, 1.807) is 36.9 Å². The third-order valence-electron chi connectivity index (χ3n) is 3.09. The summed E-state index contributed by atoms with van der Waals surface area (Å²) in [6.45, 7) is 1.75. The fourth-order valence-electron chi connectivity index (χ4n) is 2.16. The molecule has 1 N–H and O–H groups in total. The molecule has 0 aliphatic carbocycles. The number of hydrazone groups is 1. The summed E-state index contributed by atoms with van der Waals surface area (Å²) in [5.41, 5.74) is 4.09. The molecule has 2 heterocycles. The van der Waals surface area contributed by atoms with E-state index >= 15 is 0 Å². The predicted molar refractivity (Wildman–Crippen MR) is 75.8 cm³/mol. The molecule has 3 rings (SSSR count). The van der Waals surface area contributed by atoms with Crippen LogP contribution >= 0.6 is 11.8 Å². The zero-order valence-corrected chi connectivity index (χ0v) is 11.6. The molecule has 0 bridgehead atoms. The summed E-state index contributed by atoms with van der Waals surface area (Å²) < 4.78 is 5.20. The number of carbonyl (C=O) groups is 2. The number of hydrogen-bond acceptors (Lipinski definition) is 5. The van der Waals surface area contributed by atoms with Crippen molar-refractivity contribution < 1.29 is 14.3 Å². The molecule has 5 nitrogen and oxygen atoms in total. The number of benzene rings is 1. The Kier molecular flexibility index (Phi) is 3.31. The van der Waals surface area contributed by atoms with Crippen molar-refractivity contribution in [3.05, 3.63) is 35.9 Å². The van der Waals surface area contributed by atoms with Gasteiger partial charge in [0.2, 0.25) is 5.91 Å². The number of hydrogen-bond donors (Lipinski definition) is 1. The molecule has 0 fully saturated rings. The van der Waals surface area contributed by atoms with Crippen molar-refractivity contribution in [1.29, 1.82) is 0 Å². The number of nitrogens with zero attached hydrogens (tertiary/aromatic N) is 1. The Balaban J connectivity index is 1.92. The Morgan fingerprint density at radius 2 is 2.40 bits per heavy atom. The van der Waals surface area contributed by atoms with Gasteiger partial charge >= 0.3 is 5.97 Å². The van der Waals surface area contributed by atoms with Crippen LogP contribution in [0.1, 0.15) is 12.5 Å². The van der Waals surface area contributed by atoms with Gasteiger partial charge in [0.05, 0.1) is 11.6 Å².